The first-order chi connectivity index (χ1) is 9.06. The van der Waals surface area contributed by atoms with Gasteiger partial charge in [0.1, 0.15) is 18.2 Å². The van der Waals surface area contributed by atoms with E-state index in [2.05, 4.69) is 0 Å². The molecule has 0 aliphatic heterocycles. The number of hydrogen-bond donors (Lipinski definition) is 1. The normalized spacial score (nSPS) is 12.2. The molecular formula is C16H17FO2. The van der Waals surface area contributed by atoms with Gasteiger partial charge < -0.3 is 9.84 Å². The summed E-state index contributed by atoms with van der Waals surface area (Å²) in [6.07, 6.45) is -0.595. The van der Waals surface area contributed by atoms with E-state index in [1.165, 1.54) is 12.1 Å². The number of aryl methyl sites for hydroxylation is 1. The Morgan fingerprint density at radius 2 is 2.00 bits per heavy atom. The van der Waals surface area contributed by atoms with Crippen molar-refractivity contribution in [3.63, 3.8) is 0 Å². The van der Waals surface area contributed by atoms with E-state index in [1.54, 1.807) is 19.1 Å². The van der Waals surface area contributed by atoms with Crippen molar-refractivity contribution in [2.45, 2.75) is 26.6 Å². The number of aliphatic hydroxyl groups is 1. The van der Waals surface area contributed by atoms with E-state index in [0.717, 1.165) is 16.7 Å². The summed E-state index contributed by atoms with van der Waals surface area (Å²) in [7, 11) is 0. The van der Waals surface area contributed by atoms with Crippen molar-refractivity contribution in [1.82, 2.24) is 0 Å². The predicted octanol–water partition coefficient (Wildman–Crippen LogP) is 3.77. The number of halogens is 1. The Morgan fingerprint density at radius 1 is 1.21 bits per heavy atom. The summed E-state index contributed by atoms with van der Waals surface area (Å²) in [6.45, 7) is 3.94. The third kappa shape index (κ3) is 3.55. The lowest BCUT2D eigenvalue weighted by atomic mass is 10.1. The first-order valence-electron chi connectivity index (χ1n) is 6.22. The molecule has 0 saturated heterocycles. The van der Waals surface area contributed by atoms with Gasteiger partial charge in [-0.05, 0) is 43.7 Å². The highest BCUT2D eigenvalue weighted by atomic mass is 19.1. The monoisotopic (exact) mass is 260 g/mol. The molecule has 2 rings (SSSR count). The second kappa shape index (κ2) is 5.85. The maximum Gasteiger partial charge on any atom is 0.125 e. The molecule has 2 nitrogen and oxygen atoms in total. The molecule has 0 aliphatic rings. The summed E-state index contributed by atoms with van der Waals surface area (Å²) in [5.41, 5.74) is 2.57. The van der Waals surface area contributed by atoms with Crippen LogP contribution in [0.3, 0.4) is 0 Å². The fourth-order valence-electron chi connectivity index (χ4n) is 1.91. The molecule has 0 bridgehead atoms. The number of ether oxygens (including phenoxy) is 1. The molecule has 0 fully saturated rings. The smallest absolute Gasteiger partial charge is 0.125 e. The molecular weight excluding hydrogens is 243 g/mol. The molecule has 0 saturated carbocycles. The van der Waals surface area contributed by atoms with Gasteiger partial charge in [-0.2, -0.15) is 0 Å². The standard InChI is InChI=1S/C16H17FO2/c1-11-6-7-16(15(8-11)12(2)18)19-10-13-4-3-5-14(17)9-13/h3-9,12,18H,10H2,1-2H3/t12-/m0/s1. The Bertz CT molecular complexity index is 564. The minimum atomic E-state index is -0.595. The van der Waals surface area contributed by atoms with Crippen molar-refractivity contribution < 1.29 is 14.2 Å². The molecule has 3 heteroatoms. The molecule has 0 aromatic heterocycles. The number of aliphatic hydroxyl groups excluding tert-OH is 1. The van der Waals surface area contributed by atoms with E-state index in [4.69, 9.17) is 4.74 Å². The zero-order chi connectivity index (χ0) is 13.8. The van der Waals surface area contributed by atoms with E-state index >= 15 is 0 Å². The van der Waals surface area contributed by atoms with Gasteiger partial charge in [0.15, 0.2) is 0 Å². The van der Waals surface area contributed by atoms with Gasteiger partial charge >= 0.3 is 0 Å². The molecule has 2 aromatic rings. The topological polar surface area (TPSA) is 29.5 Å². The third-order valence-electron chi connectivity index (χ3n) is 2.90. The zero-order valence-corrected chi connectivity index (χ0v) is 11.1. The van der Waals surface area contributed by atoms with Crippen LogP contribution in [0.1, 0.15) is 29.7 Å². The zero-order valence-electron chi connectivity index (χ0n) is 11.1. The number of benzene rings is 2. The van der Waals surface area contributed by atoms with Gasteiger partial charge in [0.2, 0.25) is 0 Å². The summed E-state index contributed by atoms with van der Waals surface area (Å²) in [5, 5.41) is 9.73. The first-order valence-corrected chi connectivity index (χ1v) is 6.22. The molecule has 100 valence electrons. The summed E-state index contributed by atoms with van der Waals surface area (Å²) in [6, 6.07) is 11.9. The Labute approximate surface area is 112 Å². The van der Waals surface area contributed by atoms with E-state index in [9.17, 15) is 9.50 Å². The Hall–Kier alpha value is -1.87. The van der Waals surface area contributed by atoms with Gasteiger partial charge in [0.25, 0.3) is 0 Å². The van der Waals surface area contributed by atoms with Crippen molar-refractivity contribution >= 4 is 0 Å². The summed E-state index contributed by atoms with van der Waals surface area (Å²) >= 11 is 0. The number of rotatable bonds is 4. The quantitative estimate of drug-likeness (QED) is 0.906. The van der Waals surface area contributed by atoms with Crippen LogP contribution >= 0.6 is 0 Å². The summed E-state index contributed by atoms with van der Waals surface area (Å²) in [5.74, 6) is 0.352. The lowest BCUT2D eigenvalue weighted by Gasteiger charge is -2.14. The number of hydrogen-bond acceptors (Lipinski definition) is 2. The molecule has 2 aromatic carbocycles. The minimum absolute atomic E-state index is 0.277. The van der Waals surface area contributed by atoms with Gasteiger partial charge in [0, 0.05) is 5.56 Å². The average molecular weight is 260 g/mol. The average Bonchev–Trinajstić information content (AvgIpc) is 2.37. The predicted molar refractivity (Wildman–Crippen MR) is 72.5 cm³/mol. The van der Waals surface area contributed by atoms with Crippen LogP contribution in [0.25, 0.3) is 0 Å². The molecule has 0 amide bonds. The van der Waals surface area contributed by atoms with Gasteiger partial charge in [-0.1, -0.05) is 23.8 Å². The van der Waals surface area contributed by atoms with Crippen molar-refractivity contribution in [3.05, 3.63) is 65.0 Å². The van der Waals surface area contributed by atoms with E-state index in [0.29, 0.717) is 5.75 Å². The van der Waals surface area contributed by atoms with E-state index in [1.807, 2.05) is 25.1 Å². The minimum Gasteiger partial charge on any atom is -0.489 e. The van der Waals surface area contributed by atoms with Crippen LogP contribution in [0, 0.1) is 12.7 Å². The highest BCUT2D eigenvalue weighted by Crippen LogP contribution is 2.27. The Kier molecular flexibility index (Phi) is 4.17. The second-order valence-corrected chi connectivity index (χ2v) is 4.64. The Morgan fingerprint density at radius 3 is 2.68 bits per heavy atom. The highest BCUT2D eigenvalue weighted by molar-refractivity contribution is 5.38. The molecule has 1 atom stereocenters. The lowest BCUT2D eigenvalue weighted by Crippen LogP contribution is -2.01. The van der Waals surface area contributed by atoms with E-state index in [-0.39, 0.29) is 12.4 Å². The molecule has 1 N–H and O–H groups in total. The van der Waals surface area contributed by atoms with Gasteiger partial charge in [0.05, 0.1) is 6.10 Å². The van der Waals surface area contributed by atoms with Crippen LogP contribution in [0.2, 0.25) is 0 Å². The highest BCUT2D eigenvalue weighted by Gasteiger charge is 2.09. The van der Waals surface area contributed by atoms with E-state index < -0.39 is 6.10 Å². The summed E-state index contributed by atoms with van der Waals surface area (Å²) < 4.78 is 18.7. The second-order valence-electron chi connectivity index (χ2n) is 4.64. The molecule has 0 unspecified atom stereocenters. The van der Waals surface area contributed by atoms with Crippen molar-refractivity contribution in [2.75, 3.05) is 0 Å². The fourth-order valence-corrected chi connectivity index (χ4v) is 1.91. The first kappa shape index (κ1) is 13.6. The van der Waals surface area contributed by atoms with Crippen molar-refractivity contribution in [3.8, 4) is 5.75 Å². The molecule has 0 radical (unpaired) electrons. The van der Waals surface area contributed by atoms with Crippen LogP contribution in [-0.4, -0.2) is 5.11 Å². The Balaban J connectivity index is 2.15. The van der Waals surface area contributed by atoms with Crippen molar-refractivity contribution in [1.29, 1.82) is 0 Å². The lowest BCUT2D eigenvalue weighted by molar-refractivity contribution is 0.190. The van der Waals surface area contributed by atoms with Crippen LogP contribution in [0.5, 0.6) is 5.75 Å². The summed E-state index contributed by atoms with van der Waals surface area (Å²) in [4.78, 5) is 0. The maximum atomic E-state index is 13.1. The molecule has 0 spiro atoms. The third-order valence-corrected chi connectivity index (χ3v) is 2.90. The SMILES string of the molecule is Cc1ccc(OCc2cccc(F)c2)c([C@H](C)O)c1. The van der Waals surface area contributed by atoms with Crippen LogP contribution in [-0.2, 0) is 6.61 Å². The van der Waals surface area contributed by atoms with Crippen LogP contribution in [0.15, 0.2) is 42.5 Å². The van der Waals surface area contributed by atoms with Gasteiger partial charge in [-0.3, -0.25) is 0 Å². The fraction of sp³-hybridized carbons (Fsp3) is 0.250. The van der Waals surface area contributed by atoms with Gasteiger partial charge in [-0.25, -0.2) is 4.39 Å². The van der Waals surface area contributed by atoms with Crippen LogP contribution < -0.4 is 4.74 Å². The van der Waals surface area contributed by atoms with Gasteiger partial charge in [-0.15, -0.1) is 0 Å². The molecule has 0 aliphatic carbocycles. The molecule has 0 heterocycles. The van der Waals surface area contributed by atoms with Crippen molar-refractivity contribution in [2.24, 2.45) is 0 Å². The maximum absolute atomic E-state index is 13.1. The van der Waals surface area contributed by atoms with Crippen LogP contribution in [0.4, 0.5) is 4.39 Å². The largest absolute Gasteiger partial charge is 0.489 e. The molecule has 19 heavy (non-hydrogen) atoms.